The number of benzene rings is 3. The summed E-state index contributed by atoms with van der Waals surface area (Å²) in [4.78, 5) is 11.0. The van der Waals surface area contributed by atoms with Crippen molar-refractivity contribution in [3.63, 3.8) is 0 Å². The number of carbonyl (C=O) groups is 1. The second-order valence-corrected chi connectivity index (χ2v) is 7.32. The summed E-state index contributed by atoms with van der Waals surface area (Å²) in [5, 5.41) is 13.4. The van der Waals surface area contributed by atoms with E-state index in [0.29, 0.717) is 41.3 Å². The van der Waals surface area contributed by atoms with E-state index in [-0.39, 0.29) is 5.56 Å². The van der Waals surface area contributed by atoms with Crippen molar-refractivity contribution in [3.8, 4) is 11.5 Å². The van der Waals surface area contributed by atoms with Crippen molar-refractivity contribution in [3.05, 3.63) is 87.4 Å². The number of nitrogens with one attached hydrogen (secondary N) is 1. The summed E-state index contributed by atoms with van der Waals surface area (Å²) >= 11 is 12.5. The van der Waals surface area contributed by atoms with Crippen molar-refractivity contribution in [2.45, 2.75) is 20.1 Å². The predicted molar refractivity (Wildman–Crippen MR) is 119 cm³/mol. The van der Waals surface area contributed by atoms with Gasteiger partial charge in [-0.2, -0.15) is 0 Å². The zero-order valence-electron chi connectivity index (χ0n) is 16.3. The van der Waals surface area contributed by atoms with Crippen LogP contribution < -0.4 is 14.8 Å². The molecule has 7 heteroatoms. The number of hydrogen-bond acceptors (Lipinski definition) is 4. The Morgan fingerprint density at radius 3 is 2.40 bits per heavy atom. The first-order chi connectivity index (χ1) is 14.5. The Bertz CT molecular complexity index is 1020. The van der Waals surface area contributed by atoms with Crippen molar-refractivity contribution >= 4 is 34.9 Å². The summed E-state index contributed by atoms with van der Waals surface area (Å²) in [5.74, 6) is 0.192. The van der Waals surface area contributed by atoms with Gasteiger partial charge in [-0.25, -0.2) is 4.79 Å². The SMILES string of the molecule is CCOc1cc(CNc2ccc(C(=O)O)cc2)c(Cl)cc1OCc1cccc(Cl)c1. The van der Waals surface area contributed by atoms with E-state index in [9.17, 15) is 4.79 Å². The third kappa shape index (κ3) is 5.81. The van der Waals surface area contributed by atoms with Crippen LogP contribution in [0.25, 0.3) is 0 Å². The molecule has 0 fully saturated rings. The molecule has 3 aromatic carbocycles. The molecule has 3 rings (SSSR count). The fraction of sp³-hybridized carbons (Fsp3) is 0.174. The Balaban J connectivity index is 1.72. The first kappa shape index (κ1) is 21.8. The Morgan fingerprint density at radius 1 is 1.00 bits per heavy atom. The molecular weight excluding hydrogens is 425 g/mol. The van der Waals surface area contributed by atoms with Gasteiger partial charge in [-0.15, -0.1) is 0 Å². The van der Waals surface area contributed by atoms with Gasteiger partial charge in [0, 0.05) is 28.3 Å². The van der Waals surface area contributed by atoms with Crippen LogP contribution in [0.1, 0.15) is 28.4 Å². The van der Waals surface area contributed by atoms with Crippen molar-refractivity contribution in [1.29, 1.82) is 0 Å². The van der Waals surface area contributed by atoms with Gasteiger partial charge in [0.2, 0.25) is 0 Å². The first-order valence-electron chi connectivity index (χ1n) is 9.36. The number of halogens is 2. The van der Waals surface area contributed by atoms with Gasteiger partial charge in [-0.1, -0.05) is 35.3 Å². The monoisotopic (exact) mass is 445 g/mol. The van der Waals surface area contributed by atoms with Crippen LogP contribution in [0.4, 0.5) is 5.69 Å². The molecule has 5 nitrogen and oxygen atoms in total. The largest absolute Gasteiger partial charge is 0.490 e. The van der Waals surface area contributed by atoms with Gasteiger partial charge in [0.15, 0.2) is 11.5 Å². The van der Waals surface area contributed by atoms with E-state index in [0.717, 1.165) is 16.8 Å². The van der Waals surface area contributed by atoms with Gasteiger partial charge in [0.05, 0.1) is 12.2 Å². The molecule has 0 unspecified atom stereocenters. The highest BCUT2D eigenvalue weighted by Crippen LogP contribution is 2.34. The Kier molecular flexibility index (Phi) is 7.44. The number of hydrogen-bond donors (Lipinski definition) is 2. The van der Waals surface area contributed by atoms with Crippen LogP contribution in [0, 0.1) is 0 Å². The lowest BCUT2D eigenvalue weighted by Crippen LogP contribution is -2.04. The van der Waals surface area contributed by atoms with E-state index in [1.807, 2.05) is 37.3 Å². The average Bonchev–Trinajstić information content (AvgIpc) is 2.73. The van der Waals surface area contributed by atoms with Crippen molar-refractivity contribution in [2.75, 3.05) is 11.9 Å². The second kappa shape index (κ2) is 10.2. The highest BCUT2D eigenvalue weighted by atomic mass is 35.5. The molecule has 3 aromatic rings. The summed E-state index contributed by atoms with van der Waals surface area (Å²) in [7, 11) is 0. The van der Waals surface area contributed by atoms with Crippen molar-refractivity contribution in [2.24, 2.45) is 0 Å². The molecule has 156 valence electrons. The van der Waals surface area contributed by atoms with Gasteiger partial charge < -0.3 is 19.9 Å². The van der Waals surface area contributed by atoms with E-state index in [1.54, 1.807) is 30.3 Å². The van der Waals surface area contributed by atoms with Gasteiger partial charge in [-0.3, -0.25) is 0 Å². The molecule has 0 saturated carbocycles. The molecule has 0 aromatic heterocycles. The van der Waals surface area contributed by atoms with Gasteiger partial charge in [0.25, 0.3) is 0 Å². The zero-order chi connectivity index (χ0) is 21.5. The number of ether oxygens (including phenoxy) is 2. The van der Waals surface area contributed by atoms with Crippen LogP contribution in [0.15, 0.2) is 60.7 Å². The molecular formula is C23H21Cl2NO4. The maximum atomic E-state index is 11.0. The van der Waals surface area contributed by atoms with Crippen molar-refractivity contribution < 1.29 is 19.4 Å². The molecule has 0 amide bonds. The molecule has 0 radical (unpaired) electrons. The molecule has 30 heavy (non-hydrogen) atoms. The maximum absolute atomic E-state index is 11.0. The van der Waals surface area contributed by atoms with Crippen LogP contribution in [0.3, 0.4) is 0 Å². The Morgan fingerprint density at radius 2 is 1.73 bits per heavy atom. The standard InChI is InChI=1S/C23H21Cl2NO4/c1-2-29-21-11-17(13-26-19-8-6-16(7-9-19)23(27)28)20(25)12-22(21)30-14-15-4-3-5-18(24)10-15/h3-12,26H,2,13-14H2,1H3,(H,27,28). The van der Waals surface area contributed by atoms with Crippen LogP contribution in [-0.2, 0) is 13.2 Å². The predicted octanol–water partition coefficient (Wildman–Crippen LogP) is 6.28. The summed E-state index contributed by atoms with van der Waals surface area (Å²) in [6, 6.07) is 17.6. The minimum Gasteiger partial charge on any atom is -0.490 e. The zero-order valence-corrected chi connectivity index (χ0v) is 17.8. The number of carboxylic acids is 1. The molecule has 0 spiro atoms. The van der Waals surface area contributed by atoms with Crippen LogP contribution in [0.2, 0.25) is 10.0 Å². The average molecular weight is 446 g/mol. The van der Waals surface area contributed by atoms with E-state index in [2.05, 4.69) is 5.32 Å². The first-order valence-corrected chi connectivity index (χ1v) is 10.1. The lowest BCUT2D eigenvalue weighted by atomic mass is 10.1. The van der Waals surface area contributed by atoms with Crippen LogP contribution in [0.5, 0.6) is 11.5 Å². The highest BCUT2D eigenvalue weighted by molar-refractivity contribution is 6.31. The fourth-order valence-electron chi connectivity index (χ4n) is 2.81. The highest BCUT2D eigenvalue weighted by Gasteiger charge is 2.12. The third-order valence-electron chi connectivity index (χ3n) is 4.31. The van der Waals surface area contributed by atoms with Gasteiger partial charge in [0.1, 0.15) is 6.61 Å². The lowest BCUT2D eigenvalue weighted by molar-refractivity contribution is 0.0697. The van der Waals surface area contributed by atoms with E-state index >= 15 is 0 Å². The molecule has 0 aliphatic heterocycles. The van der Waals surface area contributed by atoms with Crippen LogP contribution in [-0.4, -0.2) is 17.7 Å². The molecule has 0 atom stereocenters. The third-order valence-corrected chi connectivity index (χ3v) is 4.90. The molecule has 0 aliphatic rings. The minimum atomic E-state index is -0.959. The number of anilines is 1. The topological polar surface area (TPSA) is 67.8 Å². The number of aromatic carboxylic acids is 1. The Labute approximate surface area is 185 Å². The normalized spacial score (nSPS) is 10.5. The summed E-state index contributed by atoms with van der Waals surface area (Å²) in [6.07, 6.45) is 0. The fourth-order valence-corrected chi connectivity index (χ4v) is 3.24. The quantitative estimate of drug-likeness (QED) is 0.405. The number of rotatable bonds is 9. The molecule has 2 N–H and O–H groups in total. The van der Waals surface area contributed by atoms with Gasteiger partial charge in [-0.05, 0) is 60.5 Å². The van der Waals surface area contributed by atoms with Gasteiger partial charge >= 0.3 is 5.97 Å². The molecule has 0 saturated heterocycles. The second-order valence-electron chi connectivity index (χ2n) is 6.48. The summed E-state index contributed by atoms with van der Waals surface area (Å²) < 4.78 is 11.7. The van der Waals surface area contributed by atoms with E-state index in [1.165, 1.54) is 0 Å². The smallest absolute Gasteiger partial charge is 0.335 e. The minimum absolute atomic E-state index is 0.235. The number of carboxylic acid groups (broad SMARTS) is 1. The summed E-state index contributed by atoms with van der Waals surface area (Å²) in [5.41, 5.74) is 2.79. The van der Waals surface area contributed by atoms with E-state index in [4.69, 9.17) is 37.8 Å². The van der Waals surface area contributed by atoms with E-state index < -0.39 is 5.97 Å². The van der Waals surface area contributed by atoms with Crippen molar-refractivity contribution in [1.82, 2.24) is 0 Å². The van der Waals surface area contributed by atoms with Crippen LogP contribution >= 0.6 is 23.2 Å². The Hall–Kier alpha value is -2.89. The molecule has 0 aliphatic carbocycles. The lowest BCUT2D eigenvalue weighted by Gasteiger charge is -2.16. The molecule has 0 heterocycles. The maximum Gasteiger partial charge on any atom is 0.335 e. The molecule has 0 bridgehead atoms. The summed E-state index contributed by atoms with van der Waals surface area (Å²) in [6.45, 7) is 3.17.